The van der Waals surface area contributed by atoms with Crippen LogP contribution in [0, 0.1) is 0 Å². The summed E-state index contributed by atoms with van der Waals surface area (Å²) in [4.78, 5) is 14.9. The molecule has 0 aromatic rings. The highest BCUT2D eigenvalue weighted by Crippen LogP contribution is 2.21. The lowest BCUT2D eigenvalue weighted by Gasteiger charge is -2.21. The summed E-state index contributed by atoms with van der Waals surface area (Å²) in [5.41, 5.74) is 4.77. The van der Waals surface area contributed by atoms with Gasteiger partial charge < -0.3 is 10.6 Å². The number of nitrogens with zero attached hydrogens (tertiary/aromatic N) is 1. The minimum Gasteiger partial charge on any atom is -0.392 e. The van der Waals surface area contributed by atoms with E-state index in [-0.39, 0.29) is 6.10 Å². The number of primary amides is 1. The first-order chi connectivity index (χ1) is 4.79. The van der Waals surface area contributed by atoms with Crippen molar-refractivity contribution in [2.45, 2.75) is 25.4 Å². The molecular formula is C6H10N2O2. The molecule has 1 fully saturated rings. The maximum absolute atomic E-state index is 10.1. The van der Waals surface area contributed by atoms with E-state index >= 15 is 0 Å². The third-order valence-electron chi connectivity index (χ3n) is 1.44. The predicted molar refractivity (Wildman–Crippen MR) is 36.4 cm³/mol. The predicted octanol–water partition coefficient (Wildman–Crippen LogP) is 0.0266. The Kier molecular flexibility index (Phi) is 2.25. The van der Waals surface area contributed by atoms with Crippen molar-refractivity contribution in [1.29, 1.82) is 0 Å². The van der Waals surface area contributed by atoms with Crippen LogP contribution in [-0.4, -0.2) is 18.2 Å². The van der Waals surface area contributed by atoms with E-state index in [0.717, 1.165) is 19.1 Å². The molecule has 1 amide bonds. The van der Waals surface area contributed by atoms with Gasteiger partial charge in [-0.1, -0.05) is 5.16 Å². The average Bonchev–Trinajstić information content (AvgIpc) is 1.75. The zero-order chi connectivity index (χ0) is 7.40. The summed E-state index contributed by atoms with van der Waals surface area (Å²) in [6, 6.07) is 0. The number of amides is 1. The van der Waals surface area contributed by atoms with Crippen molar-refractivity contribution in [2.24, 2.45) is 10.9 Å². The lowest BCUT2D eigenvalue weighted by atomic mass is 9.97. The van der Waals surface area contributed by atoms with Crippen LogP contribution in [0.1, 0.15) is 19.3 Å². The van der Waals surface area contributed by atoms with Crippen molar-refractivity contribution < 1.29 is 9.63 Å². The van der Waals surface area contributed by atoms with Gasteiger partial charge in [-0.05, 0) is 19.3 Å². The fraction of sp³-hybridized carbons (Fsp3) is 0.667. The molecule has 1 rings (SSSR count). The molecule has 2 N–H and O–H groups in total. The molecule has 0 radical (unpaired) electrons. The zero-order valence-corrected chi connectivity index (χ0v) is 5.62. The second-order valence-electron chi connectivity index (χ2n) is 2.30. The summed E-state index contributed by atoms with van der Waals surface area (Å²) in [7, 11) is 0. The van der Waals surface area contributed by atoms with Crippen molar-refractivity contribution in [2.75, 3.05) is 0 Å². The van der Waals surface area contributed by atoms with E-state index in [1.807, 2.05) is 0 Å². The average molecular weight is 142 g/mol. The minimum absolute atomic E-state index is 0.218. The molecule has 0 spiro atoms. The minimum atomic E-state index is -0.570. The molecule has 0 aromatic carbocycles. The fourth-order valence-corrected chi connectivity index (χ4v) is 0.645. The first kappa shape index (κ1) is 7.05. The molecule has 0 aromatic heterocycles. The summed E-state index contributed by atoms with van der Waals surface area (Å²) in [6.07, 6.45) is 4.47. The highest BCUT2D eigenvalue weighted by Gasteiger charge is 2.18. The van der Waals surface area contributed by atoms with Gasteiger partial charge in [-0.3, -0.25) is 4.79 Å². The van der Waals surface area contributed by atoms with Crippen molar-refractivity contribution in [3.05, 3.63) is 0 Å². The van der Waals surface area contributed by atoms with Gasteiger partial charge >= 0.3 is 0 Å². The number of hydrogen-bond donors (Lipinski definition) is 1. The second-order valence-corrected chi connectivity index (χ2v) is 2.30. The van der Waals surface area contributed by atoms with Gasteiger partial charge in [0.15, 0.2) is 0 Å². The van der Waals surface area contributed by atoms with Gasteiger partial charge in [0.2, 0.25) is 0 Å². The van der Waals surface area contributed by atoms with Gasteiger partial charge in [-0.15, -0.1) is 0 Å². The Hall–Kier alpha value is -1.06. The van der Waals surface area contributed by atoms with Crippen LogP contribution in [0.25, 0.3) is 0 Å². The van der Waals surface area contributed by atoms with Crippen LogP contribution in [-0.2, 0) is 9.63 Å². The maximum atomic E-state index is 10.1. The summed E-state index contributed by atoms with van der Waals surface area (Å²) < 4.78 is 0. The largest absolute Gasteiger partial charge is 0.392 e. The van der Waals surface area contributed by atoms with E-state index in [2.05, 4.69) is 5.16 Å². The first-order valence-corrected chi connectivity index (χ1v) is 3.27. The van der Waals surface area contributed by atoms with Crippen LogP contribution >= 0.6 is 0 Å². The third kappa shape index (κ3) is 2.05. The number of rotatable bonds is 3. The van der Waals surface area contributed by atoms with Crippen molar-refractivity contribution in [1.82, 2.24) is 0 Å². The number of nitrogens with two attached hydrogens (primary N) is 1. The molecule has 1 aliphatic carbocycles. The highest BCUT2D eigenvalue weighted by molar-refractivity contribution is 6.25. The summed E-state index contributed by atoms with van der Waals surface area (Å²) in [5.74, 6) is -0.570. The number of oxime groups is 1. The van der Waals surface area contributed by atoms with E-state index in [1.165, 1.54) is 6.42 Å². The molecular weight excluding hydrogens is 132 g/mol. The molecule has 1 saturated carbocycles. The van der Waals surface area contributed by atoms with Crippen LogP contribution in [0.3, 0.4) is 0 Å². The Labute approximate surface area is 59.0 Å². The number of carbonyl (C=O) groups is 1. The maximum Gasteiger partial charge on any atom is 0.263 e. The zero-order valence-electron chi connectivity index (χ0n) is 5.62. The molecule has 4 heteroatoms. The molecule has 0 saturated heterocycles. The lowest BCUT2D eigenvalue weighted by Crippen LogP contribution is -2.20. The Morgan fingerprint density at radius 1 is 1.70 bits per heavy atom. The van der Waals surface area contributed by atoms with Gasteiger partial charge in [0.1, 0.15) is 12.3 Å². The third-order valence-corrected chi connectivity index (χ3v) is 1.44. The lowest BCUT2D eigenvalue weighted by molar-refractivity contribution is -0.111. The van der Waals surface area contributed by atoms with Crippen molar-refractivity contribution >= 4 is 12.1 Å². The first-order valence-electron chi connectivity index (χ1n) is 3.27. The van der Waals surface area contributed by atoms with E-state index < -0.39 is 5.91 Å². The Bertz CT molecular complexity index is 152. The Morgan fingerprint density at radius 3 is 2.80 bits per heavy atom. The summed E-state index contributed by atoms with van der Waals surface area (Å²) >= 11 is 0. The van der Waals surface area contributed by atoms with Crippen LogP contribution in [0.5, 0.6) is 0 Å². The number of hydrogen-bond acceptors (Lipinski definition) is 3. The molecule has 0 bridgehead atoms. The van der Waals surface area contributed by atoms with Gasteiger partial charge in [0.05, 0.1) is 0 Å². The SMILES string of the molecule is NC(=O)C=NOC1CCC1. The molecule has 0 aliphatic heterocycles. The molecule has 1 aliphatic rings. The van der Waals surface area contributed by atoms with Gasteiger partial charge in [-0.25, -0.2) is 0 Å². The molecule has 56 valence electrons. The molecule has 0 atom stereocenters. The fourth-order valence-electron chi connectivity index (χ4n) is 0.645. The smallest absolute Gasteiger partial charge is 0.263 e. The summed E-state index contributed by atoms with van der Waals surface area (Å²) in [5, 5.41) is 3.39. The Balaban J connectivity index is 2.08. The normalized spacial score (nSPS) is 18.8. The van der Waals surface area contributed by atoms with E-state index in [0.29, 0.717) is 0 Å². The van der Waals surface area contributed by atoms with E-state index in [1.54, 1.807) is 0 Å². The van der Waals surface area contributed by atoms with Crippen LogP contribution in [0.4, 0.5) is 0 Å². The van der Waals surface area contributed by atoms with Crippen molar-refractivity contribution in [3.63, 3.8) is 0 Å². The Morgan fingerprint density at radius 2 is 2.40 bits per heavy atom. The van der Waals surface area contributed by atoms with Crippen LogP contribution < -0.4 is 5.73 Å². The standard InChI is InChI=1S/C6H10N2O2/c7-6(9)4-8-10-5-2-1-3-5/h4-5H,1-3H2,(H2,7,9). The topological polar surface area (TPSA) is 64.7 Å². The van der Waals surface area contributed by atoms with E-state index in [4.69, 9.17) is 10.6 Å². The van der Waals surface area contributed by atoms with Crippen LogP contribution in [0.2, 0.25) is 0 Å². The summed E-state index contributed by atoms with van der Waals surface area (Å²) in [6.45, 7) is 0. The van der Waals surface area contributed by atoms with Gasteiger partial charge in [-0.2, -0.15) is 0 Å². The molecule has 4 nitrogen and oxygen atoms in total. The monoisotopic (exact) mass is 142 g/mol. The highest BCUT2D eigenvalue weighted by atomic mass is 16.6. The molecule has 10 heavy (non-hydrogen) atoms. The van der Waals surface area contributed by atoms with Gasteiger partial charge in [0, 0.05) is 0 Å². The second kappa shape index (κ2) is 3.20. The quantitative estimate of drug-likeness (QED) is 0.446. The van der Waals surface area contributed by atoms with E-state index in [9.17, 15) is 4.79 Å². The van der Waals surface area contributed by atoms with Crippen LogP contribution in [0.15, 0.2) is 5.16 Å². The molecule has 0 heterocycles. The van der Waals surface area contributed by atoms with Gasteiger partial charge in [0.25, 0.3) is 5.91 Å². The van der Waals surface area contributed by atoms with Crippen molar-refractivity contribution in [3.8, 4) is 0 Å². The molecule has 0 unspecified atom stereocenters. The number of carbonyl (C=O) groups excluding carboxylic acids is 1.